The minimum absolute atomic E-state index is 0.0531. The van der Waals surface area contributed by atoms with Crippen LogP contribution in [0.25, 0.3) is 0 Å². The molecule has 1 fully saturated rings. The molecule has 2 aliphatic heterocycles. The molecular weight excluding hydrogens is 464 g/mol. The van der Waals surface area contributed by atoms with Crippen molar-refractivity contribution in [1.29, 1.82) is 0 Å². The average molecular weight is 495 g/mol. The first-order valence-electron chi connectivity index (χ1n) is 13.1. The molecule has 37 heavy (non-hydrogen) atoms. The van der Waals surface area contributed by atoms with E-state index in [1.165, 1.54) is 16.0 Å². The quantitative estimate of drug-likeness (QED) is 0.535. The van der Waals surface area contributed by atoms with Crippen molar-refractivity contribution in [2.24, 2.45) is 5.92 Å². The second kappa shape index (κ2) is 9.81. The number of anilines is 1. The summed E-state index contributed by atoms with van der Waals surface area (Å²) in [6.07, 6.45) is 7.88. The number of hydrogen-bond donors (Lipinski definition) is 1. The molecule has 1 aromatic heterocycles. The lowest BCUT2D eigenvalue weighted by Gasteiger charge is -2.35. The van der Waals surface area contributed by atoms with Crippen molar-refractivity contribution in [1.82, 2.24) is 15.2 Å². The third-order valence-electron chi connectivity index (χ3n) is 7.96. The highest BCUT2D eigenvalue weighted by Gasteiger charge is 2.39. The molecule has 3 aromatic rings. The summed E-state index contributed by atoms with van der Waals surface area (Å²) in [6, 6.07) is 17.6. The van der Waals surface area contributed by atoms with Crippen LogP contribution >= 0.6 is 0 Å². The second-order valence-electron chi connectivity index (χ2n) is 10.2. The third kappa shape index (κ3) is 4.39. The van der Waals surface area contributed by atoms with Crippen LogP contribution < -0.4 is 10.2 Å². The van der Waals surface area contributed by atoms with Crippen molar-refractivity contribution < 1.29 is 14.4 Å². The van der Waals surface area contributed by atoms with Crippen LogP contribution in [0.4, 0.5) is 5.69 Å². The van der Waals surface area contributed by atoms with Gasteiger partial charge in [0, 0.05) is 31.4 Å². The van der Waals surface area contributed by atoms with Crippen molar-refractivity contribution >= 4 is 23.4 Å². The number of nitrogens with zero attached hydrogens (tertiary/aromatic N) is 3. The molecule has 3 heterocycles. The Morgan fingerprint density at radius 1 is 0.919 bits per heavy atom. The molecule has 188 valence electrons. The van der Waals surface area contributed by atoms with Gasteiger partial charge >= 0.3 is 0 Å². The summed E-state index contributed by atoms with van der Waals surface area (Å²) >= 11 is 0. The molecule has 6 rings (SSSR count). The molecule has 1 atom stereocenters. The van der Waals surface area contributed by atoms with E-state index in [-0.39, 0.29) is 36.2 Å². The van der Waals surface area contributed by atoms with E-state index >= 15 is 0 Å². The lowest BCUT2D eigenvalue weighted by atomic mass is 9.87. The number of aromatic nitrogens is 1. The van der Waals surface area contributed by atoms with Crippen LogP contribution in [-0.4, -0.2) is 40.7 Å². The van der Waals surface area contributed by atoms with Crippen molar-refractivity contribution in [3.05, 3.63) is 94.8 Å². The van der Waals surface area contributed by atoms with Crippen molar-refractivity contribution in [3.63, 3.8) is 0 Å². The van der Waals surface area contributed by atoms with Gasteiger partial charge in [0.05, 0.1) is 29.4 Å². The Morgan fingerprint density at radius 2 is 1.70 bits per heavy atom. The molecule has 0 bridgehead atoms. The van der Waals surface area contributed by atoms with E-state index in [0.717, 1.165) is 30.5 Å². The number of carbonyl (C=O) groups excluding carboxylic acids is 3. The first-order valence-corrected chi connectivity index (χ1v) is 13.1. The zero-order valence-electron chi connectivity index (χ0n) is 20.7. The molecule has 2 aromatic carbocycles. The van der Waals surface area contributed by atoms with Crippen LogP contribution in [0.3, 0.4) is 0 Å². The maximum absolute atomic E-state index is 13.4. The zero-order valence-corrected chi connectivity index (χ0v) is 20.7. The van der Waals surface area contributed by atoms with E-state index in [1.54, 1.807) is 18.5 Å². The summed E-state index contributed by atoms with van der Waals surface area (Å²) < 4.78 is 0. The number of pyridine rings is 1. The number of imide groups is 1. The highest BCUT2D eigenvalue weighted by atomic mass is 16.2. The molecule has 3 aliphatic rings. The van der Waals surface area contributed by atoms with E-state index in [1.807, 2.05) is 30.3 Å². The lowest BCUT2D eigenvalue weighted by Crippen LogP contribution is -2.42. The third-order valence-corrected chi connectivity index (χ3v) is 7.96. The van der Waals surface area contributed by atoms with E-state index < -0.39 is 0 Å². The van der Waals surface area contributed by atoms with E-state index in [2.05, 4.69) is 33.4 Å². The van der Waals surface area contributed by atoms with E-state index in [0.29, 0.717) is 37.1 Å². The van der Waals surface area contributed by atoms with Gasteiger partial charge in [-0.3, -0.25) is 24.3 Å². The van der Waals surface area contributed by atoms with Crippen molar-refractivity contribution in [2.75, 3.05) is 18.0 Å². The van der Waals surface area contributed by atoms with Crippen LogP contribution in [0.15, 0.2) is 67.0 Å². The molecule has 7 nitrogen and oxygen atoms in total. The summed E-state index contributed by atoms with van der Waals surface area (Å²) in [4.78, 5) is 47.1. The normalized spacial score (nSPS) is 19.5. The number of aryl methyl sites for hydroxylation is 1. The number of amides is 3. The number of rotatable bonds is 5. The van der Waals surface area contributed by atoms with Gasteiger partial charge in [0.25, 0.3) is 11.8 Å². The second-order valence-corrected chi connectivity index (χ2v) is 10.2. The molecule has 0 saturated carbocycles. The Kier molecular flexibility index (Phi) is 6.20. The van der Waals surface area contributed by atoms with Gasteiger partial charge in [-0.1, -0.05) is 30.3 Å². The first-order chi connectivity index (χ1) is 18.1. The standard InChI is InChI=1S/C30H30N4O3/c35-28(32-25-9-3-6-21-5-1-2-7-23(21)25)22-13-17-33(18-14-22)26-10-4-8-24-27(26)30(37)34(29(24)36)19-20-11-15-31-16-12-20/h1-2,4-5,7-8,10-12,15-16,22,25H,3,6,9,13-14,17-19H2,(H,32,35)/t25-/m0/s1. The number of hydrogen-bond acceptors (Lipinski definition) is 5. The van der Waals surface area contributed by atoms with Gasteiger partial charge in [0.2, 0.25) is 5.91 Å². The molecule has 0 spiro atoms. The maximum atomic E-state index is 13.4. The fourth-order valence-corrected chi connectivity index (χ4v) is 5.97. The molecule has 0 unspecified atom stereocenters. The van der Waals surface area contributed by atoms with Gasteiger partial charge in [-0.2, -0.15) is 0 Å². The molecule has 1 N–H and O–H groups in total. The number of benzene rings is 2. The van der Waals surface area contributed by atoms with Crippen molar-refractivity contribution in [2.45, 2.75) is 44.7 Å². The van der Waals surface area contributed by atoms with Gasteiger partial charge in [-0.05, 0) is 73.1 Å². The Balaban J connectivity index is 1.13. The summed E-state index contributed by atoms with van der Waals surface area (Å²) in [5, 5.41) is 3.32. The number of fused-ring (bicyclic) bond motifs is 2. The van der Waals surface area contributed by atoms with E-state index in [9.17, 15) is 14.4 Å². The van der Waals surface area contributed by atoms with Crippen LogP contribution in [0, 0.1) is 5.92 Å². The van der Waals surface area contributed by atoms with Crippen LogP contribution in [0.1, 0.15) is 69.1 Å². The monoisotopic (exact) mass is 494 g/mol. The first kappa shape index (κ1) is 23.4. The number of nitrogens with one attached hydrogen (secondary N) is 1. The van der Waals surface area contributed by atoms with Crippen molar-refractivity contribution in [3.8, 4) is 0 Å². The summed E-state index contributed by atoms with van der Waals surface area (Å²) in [7, 11) is 0. The van der Waals surface area contributed by atoms with Gasteiger partial charge in [0.1, 0.15) is 0 Å². The summed E-state index contributed by atoms with van der Waals surface area (Å²) in [6.45, 7) is 1.56. The minimum atomic E-state index is -0.263. The fourth-order valence-electron chi connectivity index (χ4n) is 5.97. The zero-order chi connectivity index (χ0) is 25.4. The van der Waals surface area contributed by atoms with E-state index in [4.69, 9.17) is 0 Å². The van der Waals surface area contributed by atoms with Gasteiger partial charge < -0.3 is 10.2 Å². The smallest absolute Gasteiger partial charge is 0.263 e. The Bertz CT molecular complexity index is 1350. The summed E-state index contributed by atoms with van der Waals surface area (Å²) in [5.41, 5.74) is 5.16. The lowest BCUT2D eigenvalue weighted by molar-refractivity contribution is -0.126. The molecular formula is C30H30N4O3. The molecule has 0 radical (unpaired) electrons. The summed E-state index contributed by atoms with van der Waals surface area (Å²) in [5.74, 6) is -0.457. The predicted molar refractivity (Wildman–Crippen MR) is 140 cm³/mol. The number of piperidine rings is 1. The van der Waals surface area contributed by atoms with Crippen LogP contribution in [0.5, 0.6) is 0 Å². The highest BCUT2D eigenvalue weighted by Crippen LogP contribution is 2.35. The number of carbonyl (C=O) groups is 3. The SMILES string of the molecule is O=C(N[C@H]1CCCc2ccccc21)C1CCN(c2cccc3c2C(=O)N(Cc2ccncc2)C3=O)CC1. The Hall–Kier alpha value is -4.00. The van der Waals surface area contributed by atoms with Gasteiger partial charge in [0.15, 0.2) is 0 Å². The average Bonchev–Trinajstić information content (AvgIpc) is 3.19. The fraction of sp³-hybridized carbons (Fsp3) is 0.333. The molecule has 7 heteroatoms. The maximum Gasteiger partial charge on any atom is 0.263 e. The minimum Gasteiger partial charge on any atom is -0.371 e. The van der Waals surface area contributed by atoms with Crippen LogP contribution in [-0.2, 0) is 17.8 Å². The van der Waals surface area contributed by atoms with Gasteiger partial charge in [-0.25, -0.2) is 0 Å². The van der Waals surface area contributed by atoms with Gasteiger partial charge in [-0.15, -0.1) is 0 Å². The Morgan fingerprint density at radius 3 is 2.51 bits per heavy atom. The molecule has 1 aliphatic carbocycles. The molecule has 1 saturated heterocycles. The highest BCUT2D eigenvalue weighted by molar-refractivity contribution is 6.23. The Labute approximate surface area is 216 Å². The topological polar surface area (TPSA) is 82.6 Å². The largest absolute Gasteiger partial charge is 0.371 e. The van der Waals surface area contributed by atoms with Crippen LogP contribution in [0.2, 0.25) is 0 Å². The molecule has 3 amide bonds. The predicted octanol–water partition coefficient (Wildman–Crippen LogP) is 4.29.